The quantitative estimate of drug-likeness (QED) is 0.378. The van der Waals surface area contributed by atoms with Crippen molar-refractivity contribution in [1.29, 1.82) is 0 Å². The summed E-state index contributed by atoms with van der Waals surface area (Å²) in [5.41, 5.74) is 4.80. The number of nitrogens with zero attached hydrogens (tertiary/aromatic N) is 4. The Hall–Kier alpha value is -2.87. The Labute approximate surface area is 193 Å². The summed E-state index contributed by atoms with van der Waals surface area (Å²) in [6.45, 7) is 5.80. The summed E-state index contributed by atoms with van der Waals surface area (Å²) in [4.78, 5) is 14.8. The first-order valence-electron chi connectivity index (χ1n) is 12.1. The molecule has 6 rings (SSSR count). The summed E-state index contributed by atoms with van der Waals surface area (Å²) in [6.07, 6.45) is 9.33. The molecule has 1 saturated heterocycles. The zero-order valence-corrected chi connectivity index (χ0v) is 19.2. The molecule has 2 aromatic rings. The first-order chi connectivity index (χ1) is 16.1. The Morgan fingerprint density at radius 3 is 2.91 bits per heavy atom. The lowest BCUT2D eigenvalue weighted by molar-refractivity contribution is -0.151. The van der Waals surface area contributed by atoms with Gasteiger partial charge >= 0.3 is 5.97 Å². The summed E-state index contributed by atoms with van der Waals surface area (Å²) >= 11 is 0. The number of unbranched alkanes of at least 4 members (excludes halogenated alkanes) is 2. The van der Waals surface area contributed by atoms with Crippen LogP contribution in [0.25, 0.3) is 0 Å². The van der Waals surface area contributed by atoms with Crippen LogP contribution in [0.5, 0.6) is 11.5 Å². The van der Waals surface area contributed by atoms with Crippen LogP contribution in [-0.4, -0.2) is 51.3 Å². The maximum Gasteiger partial charge on any atom is 0.303 e. The van der Waals surface area contributed by atoms with Gasteiger partial charge in [0.2, 0.25) is 6.79 Å². The van der Waals surface area contributed by atoms with Crippen LogP contribution in [0.15, 0.2) is 30.0 Å². The molecule has 4 atom stereocenters. The van der Waals surface area contributed by atoms with E-state index in [-0.39, 0.29) is 36.9 Å². The minimum Gasteiger partial charge on any atom is -0.459 e. The van der Waals surface area contributed by atoms with E-state index < -0.39 is 0 Å². The maximum absolute atomic E-state index is 12.3. The van der Waals surface area contributed by atoms with Gasteiger partial charge in [0, 0.05) is 38.2 Å². The summed E-state index contributed by atoms with van der Waals surface area (Å²) < 4.78 is 19.3. The highest BCUT2D eigenvalue weighted by atomic mass is 16.7. The van der Waals surface area contributed by atoms with Gasteiger partial charge in [-0.25, -0.2) is 4.68 Å². The fourth-order valence-electron chi connectivity index (χ4n) is 6.02. The second-order valence-corrected chi connectivity index (χ2v) is 9.55. The second-order valence-electron chi connectivity index (χ2n) is 9.55. The molecule has 0 bridgehead atoms. The van der Waals surface area contributed by atoms with Crippen LogP contribution in [-0.2, 0) is 22.5 Å². The molecule has 1 fully saturated rings. The molecule has 0 radical (unpaired) electrons. The number of carbonyl (C=O) groups is 1. The first kappa shape index (κ1) is 20.7. The second kappa shape index (κ2) is 8.17. The summed E-state index contributed by atoms with van der Waals surface area (Å²) in [7, 11) is 0. The van der Waals surface area contributed by atoms with E-state index >= 15 is 0 Å². The summed E-state index contributed by atoms with van der Waals surface area (Å²) in [6, 6.07) is 4.25. The fraction of sp³-hybridized carbons (Fsp3) is 0.560. The zero-order valence-electron chi connectivity index (χ0n) is 19.2. The minimum atomic E-state index is -0.374. The average Bonchev–Trinajstić information content (AvgIpc) is 3.53. The van der Waals surface area contributed by atoms with Gasteiger partial charge in [0.15, 0.2) is 11.5 Å². The minimum absolute atomic E-state index is 0.00684. The van der Waals surface area contributed by atoms with Gasteiger partial charge in [-0.15, -0.1) is 5.10 Å². The zero-order chi connectivity index (χ0) is 22.5. The molecule has 3 aliphatic heterocycles. The summed E-state index contributed by atoms with van der Waals surface area (Å²) in [5, 5.41) is 8.91. The van der Waals surface area contributed by atoms with Crippen molar-refractivity contribution in [2.45, 2.75) is 76.6 Å². The number of aromatic nitrogens is 3. The van der Waals surface area contributed by atoms with Crippen molar-refractivity contribution in [3.8, 4) is 11.5 Å². The van der Waals surface area contributed by atoms with Crippen molar-refractivity contribution >= 4 is 5.97 Å². The molecule has 4 heterocycles. The number of benzene rings is 1. The van der Waals surface area contributed by atoms with Gasteiger partial charge in [0.25, 0.3) is 0 Å². The Balaban J connectivity index is 1.41. The first-order valence-corrected chi connectivity index (χ1v) is 12.1. The predicted molar refractivity (Wildman–Crippen MR) is 120 cm³/mol. The van der Waals surface area contributed by atoms with Gasteiger partial charge in [0.05, 0.1) is 5.69 Å². The Morgan fingerprint density at radius 1 is 1.24 bits per heavy atom. The molecule has 1 aromatic heterocycles. The molecule has 0 amide bonds. The van der Waals surface area contributed by atoms with E-state index in [0.29, 0.717) is 0 Å². The predicted octanol–water partition coefficient (Wildman–Crippen LogP) is 3.52. The topological polar surface area (TPSA) is 78.7 Å². The van der Waals surface area contributed by atoms with Crippen molar-refractivity contribution in [2.24, 2.45) is 0 Å². The van der Waals surface area contributed by atoms with Gasteiger partial charge < -0.3 is 14.2 Å². The molecular weight excluding hydrogens is 420 g/mol. The third-order valence-corrected chi connectivity index (χ3v) is 7.45. The number of hydrogen-bond donors (Lipinski definition) is 0. The average molecular weight is 451 g/mol. The number of aryl methyl sites for hydroxylation is 1. The van der Waals surface area contributed by atoms with Crippen molar-refractivity contribution in [1.82, 2.24) is 19.9 Å². The Kier molecular flexibility index (Phi) is 5.13. The van der Waals surface area contributed by atoms with Gasteiger partial charge in [-0.05, 0) is 42.5 Å². The molecule has 0 N–H and O–H groups in total. The SMILES string of the molecule is CCCCCc1cn(C2C=C3CCN4Cc5cc6c(cc5[C@@H](C34)[C@@H]2OC(C)=O)OCO6)nn1. The van der Waals surface area contributed by atoms with Gasteiger partial charge in [0.1, 0.15) is 12.1 Å². The van der Waals surface area contributed by atoms with E-state index in [1.54, 1.807) is 0 Å². The van der Waals surface area contributed by atoms with Gasteiger partial charge in [-0.2, -0.15) is 0 Å². The molecule has 1 aliphatic carbocycles. The highest BCUT2D eigenvalue weighted by Crippen LogP contribution is 2.52. The van der Waals surface area contributed by atoms with E-state index in [0.717, 1.165) is 49.5 Å². The molecule has 0 saturated carbocycles. The smallest absolute Gasteiger partial charge is 0.303 e. The van der Waals surface area contributed by atoms with Crippen LogP contribution >= 0.6 is 0 Å². The van der Waals surface area contributed by atoms with Crippen LogP contribution in [0.1, 0.15) is 68.3 Å². The standard InChI is InChI=1S/C25H30N4O4/c1-3-4-5-6-18-13-29(27-26-18)20-9-16-7-8-28-12-17-10-21-22(32-14-31-21)11-19(17)23(24(16)28)25(20)33-15(2)30/h9-11,13,20,23-25H,3-8,12,14H2,1-2H3/t20?,23-,24?,25+/m0/s1. The maximum atomic E-state index is 12.3. The molecule has 8 nitrogen and oxygen atoms in total. The van der Waals surface area contributed by atoms with Crippen LogP contribution < -0.4 is 9.47 Å². The summed E-state index contributed by atoms with van der Waals surface area (Å²) in [5.74, 6) is 1.30. The van der Waals surface area contributed by atoms with E-state index in [1.807, 2.05) is 10.9 Å². The Morgan fingerprint density at radius 2 is 2.09 bits per heavy atom. The van der Waals surface area contributed by atoms with Crippen molar-refractivity contribution in [2.75, 3.05) is 13.3 Å². The molecule has 33 heavy (non-hydrogen) atoms. The number of esters is 1. The van der Waals surface area contributed by atoms with Crippen molar-refractivity contribution in [3.63, 3.8) is 0 Å². The highest BCUT2D eigenvalue weighted by Gasteiger charge is 2.51. The van der Waals surface area contributed by atoms with Gasteiger partial charge in [-0.3, -0.25) is 9.69 Å². The monoisotopic (exact) mass is 450 g/mol. The lowest BCUT2D eigenvalue weighted by Gasteiger charge is -2.46. The number of ether oxygens (including phenoxy) is 3. The molecular formula is C25H30N4O4. The molecule has 2 unspecified atom stereocenters. The van der Waals surface area contributed by atoms with Crippen molar-refractivity contribution in [3.05, 3.63) is 46.8 Å². The third kappa shape index (κ3) is 3.51. The number of hydrogen-bond acceptors (Lipinski definition) is 7. The number of carbonyl (C=O) groups excluding carboxylic acids is 1. The molecule has 8 heteroatoms. The van der Waals surface area contributed by atoms with Crippen LogP contribution in [0, 0.1) is 0 Å². The number of rotatable bonds is 6. The highest BCUT2D eigenvalue weighted by molar-refractivity contribution is 5.66. The van der Waals surface area contributed by atoms with Crippen LogP contribution in [0.2, 0.25) is 0 Å². The van der Waals surface area contributed by atoms with Crippen LogP contribution in [0.4, 0.5) is 0 Å². The van der Waals surface area contributed by atoms with E-state index in [2.05, 4.69) is 40.3 Å². The van der Waals surface area contributed by atoms with Crippen LogP contribution in [0.3, 0.4) is 0 Å². The molecule has 174 valence electrons. The van der Waals surface area contributed by atoms with E-state index in [9.17, 15) is 4.79 Å². The fourth-order valence-corrected chi connectivity index (χ4v) is 6.02. The lowest BCUT2D eigenvalue weighted by atomic mass is 9.72. The normalized spacial score (nSPS) is 27.2. The molecule has 0 spiro atoms. The van der Waals surface area contributed by atoms with Gasteiger partial charge in [-0.1, -0.05) is 36.6 Å². The largest absolute Gasteiger partial charge is 0.459 e. The number of fused-ring (bicyclic) bond motifs is 3. The molecule has 1 aromatic carbocycles. The molecule has 4 aliphatic rings. The lowest BCUT2D eigenvalue weighted by Crippen LogP contribution is -2.50. The third-order valence-electron chi connectivity index (χ3n) is 7.45. The van der Waals surface area contributed by atoms with E-state index in [4.69, 9.17) is 14.2 Å². The Bertz CT molecular complexity index is 1110. The van der Waals surface area contributed by atoms with Crippen molar-refractivity contribution < 1.29 is 19.0 Å². The van der Waals surface area contributed by atoms with E-state index in [1.165, 1.54) is 36.5 Å².